The van der Waals surface area contributed by atoms with Gasteiger partial charge in [0.1, 0.15) is 11.8 Å². The van der Waals surface area contributed by atoms with E-state index in [1.54, 1.807) is 4.52 Å². The van der Waals surface area contributed by atoms with Crippen molar-refractivity contribution in [2.45, 2.75) is 13.0 Å². The van der Waals surface area contributed by atoms with E-state index in [0.717, 1.165) is 27.9 Å². The second-order valence-electron chi connectivity index (χ2n) is 7.57. The van der Waals surface area contributed by atoms with Gasteiger partial charge >= 0.3 is 0 Å². The molecule has 6 heteroatoms. The molecule has 1 saturated heterocycles. The number of aromatic nitrogens is 3. The summed E-state index contributed by atoms with van der Waals surface area (Å²) in [5.41, 5.74) is 5.63. The third-order valence-electron chi connectivity index (χ3n) is 5.47. The Morgan fingerprint density at radius 2 is 1.90 bits per heavy atom. The van der Waals surface area contributed by atoms with Crippen molar-refractivity contribution in [1.29, 1.82) is 0 Å². The molecule has 1 atom stereocenters. The van der Waals surface area contributed by atoms with Crippen LogP contribution in [0.25, 0.3) is 16.6 Å². The van der Waals surface area contributed by atoms with Crippen molar-refractivity contribution < 1.29 is 9.53 Å². The van der Waals surface area contributed by atoms with Gasteiger partial charge in [-0.2, -0.15) is 0 Å². The molecule has 6 nitrogen and oxygen atoms in total. The molecule has 1 amide bonds. The number of ether oxygens (including phenoxy) is 1. The quantitative estimate of drug-likeness (QED) is 0.525. The van der Waals surface area contributed by atoms with Crippen molar-refractivity contribution in [3.8, 4) is 11.1 Å². The average molecular weight is 398 g/mol. The lowest BCUT2D eigenvalue weighted by Crippen LogP contribution is -2.42. The smallest absolute Gasteiger partial charge is 0.254 e. The highest BCUT2D eigenvalue weighted by Crippen LogP contribution is 2.27. The maximum Gasteiger partial charge on any atom is 0.254 e. The monoisotopic (exact) mass is 398 g/mol. The summed E-state index contributed by atoms with van der Waals surface area (Å²) in [6, 6.07) is 21.9. The molecule has 0 radical (unpaired) electrons. The van der Waals surface area contributed by atoms with Gasteiger partial charge in [0.2, 0.25) is 0 Å². The van der Waals surface area contributed by atoms with Gasteiger partial charge in [0.05, 0.1) is 18.7 Å². The van der Waals surface area contributed by atoms with Gasteiger partial charge in [0.25, 0.3) is 5.91 Å². The van der Waals surface area contributed by atoms with E-state index in [1.807, 2.05) is 66.6 Å². The normalized spacial score (nSPS) is 16.7. The van der Waals surface area contributed by atoms with E-state index in [2.05, 4.69) is 28.5 Å². The molecule has 1 aliphatic rings. The summed E-state index contributed by atoms with van der Waals surface area (Å²) in [6.45, 7) is 3.50. The van der Waals surface area contributed by atoms with Crippen LogP contribution < -0.4 is 0 Å². The lowest BCUT2D eigenvalue weighted by molar-refractivity contribution is -0.0241. The van der Waals surface area contributed by atoms with Gasteiger partial charge in [-0.15, -0.1) is 5.10 Å². The highest BCUT2D eigenvalue weighted by molar-refractivity contribution is 5.94. The molecule has 3 heterocycles. The molecule has 0 N–H and O–H groups in total. The Hall–Kier alpha value is -3.51. The van der Waals surface area contributed by atoms with Gasteiger partial charge in [-0.25, -0.2) is 4.52 Å². The number of amides is 1. The summed E-state index contributed by atoms with van der Waals surface area (Å²) in [4.78, 5) is 14.8. The van der Waals surface area contributed by atoms with Crippen LogP contribution in [0.2, 0.25) is 0 Å². The van der Waals surface area contributed by atoms with Crippen LogP contribution in [0, 0.1) is 6.92 Å². The second-order valence-corrected chi connectivity index (χ2v) is 7.57. The van der Waals surface area contributed by atoms with Crippen LogP contribution in [-0.2, 0) is 4.74 Å². The highest BCUT2D eigenvalue weighted by Gasteiger charge is 2.29. The van der Waals surface area contributed by atoms with Crippen molar-refractivity contribution >= 4 is 11.4 Å². The van der Waals surface area contributed by atoms with Crippen molar-refractivity contribution in [3.63, 3.8) is 0 Å². The van der Waals surface area contributed by atoms with Gasteiger partial charge in [0, 0.05) is 23.9 Å². The van der Waals surface area contributed by atoms with Gasteiger partial charge in [-0.05, 0) is 30.7 Å². The summed E-state index contributed by atoms with van der Waals surface area (Å²) < 4.78 is 7.76. The molecular formula is C24H22N4O2. The number of hydrogen-bond donors (Lipinski definition) is 0. The van der Waals surface area contributed by atoms with E-state index in [-0.39, 0.29) is 12.0 Å². The van der Waals surface area contributed by atoms with Crippen LogP contribution in [0.5, 0.6) is 0 Å². The maximum atomic E-state index is 13.0. The van der Waals surface area contributed by atoms with Crippen molar-refractivity contribution in [2.24, 2.45) is 0 Å². The van der Waals surface area contributed by atoms with Crippen molar-refractivity contribution in [2.75, 3.05) is 19.7 Å². The zero-order valence-electron chi connectivity index (χ0n) is 16.7. The summed E-state index contributed by atoms with van der Waals surface area (Å²) in [5.74, 6) is 0.0230. The molecule has 150 valence electrons. The van der Waals surface area contributed by atoms with Gasteiger partial charge in [-0.3, -0.25) is 4.79 Å². The number of morpholine rings is 1. The number of hydrogen-bond acceptors (Lipinski definition) is 4. The van der Waals surface area contributed by atoms with Crippen LogP contribution in [0.15, 0.2) is 72.9 Å². The zero-order valence-corrected chi connectivity index (χ0v) is 16.7. The van der Waals surface area contributed by atoms with E-state index in [4.69, 9.17) is 4.74 Å². The Balaban J connectivity index is 1.40. The standard InChI is InChI=1S/C24H22N4O2/c1-17-6-5-9-19(14-17)24(29)27-12-13-30-22(16-27)23-21-11-10-20(15-28(21)26-25-23)18-7-3-2-4-8-18/h2-11,14-15,22H,12-13,16H2,1H3. The minimum atomic E-state index is -0.299. The van der Waals surface area contributed by atoms with E-state index in [1.165, 1.54) is 0 Å². The van der Waals surface area contributed by atoms with E-state index < -0.39 is 0 Å². The molecule has 2 aromatic carbocycles. The number of pyridine rings is 1. The fourth-order valence-electron chi connectivity index (χ4n) is 3.90. The summed E-state index contributed by atoms with van der Waals surface area (Å²) >= 11 is 0. The molecular weight excluding hydrogens is 376 g/mol. The molecule has 0 aliphatic carbocycles. The largest absolute Gasteiger partial charge is 0.368 e. The molecule has 0 spiro atoms. The molecule has 1 fully saturated rings. The summed E-state index contributed by atoms with van der Waals surface area (Å²) in [7, 11) is 0. The lowest BCUT2D eigenvalue weighted by Gasteiger charge is -2.32. The first-order chi connectivity index (χ1) is 14.7. The van der Waals surface area contributed by atoms with E-state index >= 15 is 0 Å². The minimum absolute atomic E-state index is 0.0230. The lowest BCUT2D eigenvalue weighted by atomic mass is 10.1. The SMILES string of the molecule is Cc1cccc(C(=O)N2CCOC(c3nnn4cc(-c5ccccc5)ccc34)C2)c1. The Kier molecular flexibility index (Phi) is 4.77. The zero-order chi connectivity index (χ0) is 20.5. The third kappa shape index (κ3) is 3.46. The summed E-state index contributed by atoms with van der Waals surface area (Å²) in [6.07, 6.45) is 1.67. The third-order valence-corrected chi connectivity index (χ3v) is 5.47. The first-order valence-electron chi connectivity index (χ1n) is 10.1. The van der Waals surface area contributed by atoms with Crippen LogP contribution >= 0.6 is 0 Å². The Morgan fingerprint density at radius 3 is 2.73 bits per heavy atom. The minimum Gasteiger partial charge on any atom is -0.368 e. The van der Waals surface area contributed by atoms with Crippen molar-refractivity contribution in [3.05, 3.63) is 89.7 Å². The Labute approximate surface area is 174 Å². The second kappa shape index (κ2) is 7.72. The maximum absolute atomic E-state index is 13.0. The molecule has 4 aromatic rings. The predicted molar refractivity (Wildman–Crippen MR) is 114 cm³/mol. The van der Waals surface area contributed by atoms with Gasteiger partial charge in [-0.1, -0.05) is 59.3 Å². The predicted octanol–water partition coefficient (Wildman–Crippen LogP) is 3.92. The number of benzene rings is 2. The molecule has 5 rings (SSSR count). The summed E-state index contributed by atoms with van der Waals surface area (Å²) in [5, 5.41) is 8.69. The fourth-order valence-corrected chi connectivity index (χ4v) is 3.90. The van der Waals surface area contributed by atoms with Crippen molar-refractivity contribution in [1.82, 2.24) is 19.7 Å². The van der Waals surface area contributed by atoms with E-state index in [0.29, 0.717) is 25.3 Å². The van der Waals surface area contributed by atoms with E-state index in [9.17, 15) is 4.79 Å². The van der Waals surface area contributed by atoms with Gasteiger partial charge < -0.3 is 9.64 Å². The number of aryl methyl sites for hydroxylation is 1. The van der Waals surface area contributed by atoms with Crippen LogP contribution in [-0.4, -0.2) is 45.3 Å². The highest BCUT2D eigenvalue weighted by atomic mass is 16.5. The molecule has 30 heavy (non-hydrogen) atoms. The Bertz CT molecular complexity index is 1200. The van der Waals surface area contributed by atoms with Crippen LogP contribution in [0.3, 0.4) is 0 Å². The average Bonchev–Trinajstić information content (AvgIpc) is 3.22. The molecule has 1 unspecified atom stereocenters. The number of carbonyl (C=O) groups excluding carboxylic acids is 1. The molecule has 1 aliphatic heterocycles. The first kappa shape index (κ1) is 18.5. The van der Waals surface area contributed by atoms with Crippen LogP contribution in [0.1, 0.15) is 27.7 Å². The number of fused-ring (bicyclic) bond motifs is 1. The first-order valence-corrected chi connectivity index (χ1v) is 10.1. The van der Waals surface area contributed by atoms with Crippen LogP contribution in [0.4, 0.5) is 0 Å². The van der Waals surface area contributed by atoms with Gasteiger partial charge in [0.15, 0.2) is 0 Å². The number of rotatable bonds is 3. The number of nitrogens with zero attached hydrogens (tertiary/aromatic N) is 4. The number of carbonyl (C=O) groups is 1. The topological polar surface area (TPSA) is 59.7 Å². The Morgan fingerprint density at radius 1 is 1.03 bits per heavy atom. The molecule has 0 saturated carbocycles. The fraction of sp³-hybridized carbons (Fsp3) is 0.208. The molecule has 0 bridgehead atoms. The molecule has 2 aromatic heterocycles.